The number of halogens is 2. The summed E-state index contributed by atoms with van der Waals surface area (Å²) in [5.74, 6) is -0.220. The van der Waals surface area contributed by atoms with Gasteiger partial charge in [0.15, 0.2) is 0 Å². The first-order valence-corrected chi connectivity index (χ1v) is 7.86. The highest BCUT2D eigenvalue weighted by Crippen LogP contribution is 2.21. The summed E-state index contributed by atoms with van der Waals surface area (Å²) < 4.78 is 19.1. The van der Waals surface area contributed by atoms with Crippen molar-refractivity contribution in [2.24, 2.45) is 0 Å². The predicted octanol–water partition coefficient (Wildman–Crippen LogP) is 2.96. The van der Waals surface area contributed by atoms with Crippen LogP contribution in [0.4, 0.5) is 4.39 Å². The van der Waals surface area contributed by atoms with E-state index < -0.39 is 0 Å². The Hall–Kier alpha value is -0.490. The molecule has 2 atom stereocenters. The molecule has 0 amide bonds. The molecule has 2 rings (SSSR count). The molecule has 5 heteroatoms. The molecule has 1 fully saturated rings. The number of nitrogens with one attached hydrogen (secondary N) is 1. The van der Waals surface area contributed by atoms with Gasteiger partial charge in [0.05, 0.1) is 17.7 Å². The Kier molecular flexibility index (Phi) is 5.96. The number of nitrogens with zero attached hydrogens (tertiary/aromatic N) is 1. The van der Waals surface area contributed by atoms with E-state index in [0.717, 1.165) is 38.4 Å². The summed E-state index contributed by atoms with van der Waals surface area (Å²) >= 11 is 3.24. The summed E-state index contributed by atoms with van der Waals surface area (Å²) in [6.45, 7) is 8.96. The van der Waals surface area contributed by atoms with Crippen molar-refractivity contribution in [3.63, 3.8) is 0 Å². The van der Waals surface area contributed by atoms with Crippen LogP contribution in [0, 0.1) is 5.82 Å². The molecule has 1 aromatic carbocycles. The highest BCUT2D eigenvalue weighted by Gasteiger charge is 2.16. The normalized spacial score (nSPS) is 19.8. The van der Waals surface area contributed by atoms with Crippen molar-refractivity contribution in [3.8, 4) is 0 Å². The second-order valence-corrected chi connectivity index (χ2v) is 6.23. The van der Waals surface area contributed by atoms with E-state index in [9.17, 15) is 4.39 Å². The number of rotatable bonds is 5. The second-order valence-electron chi connectivity index (χ2n) is 5.38. The van der Waals surface area contributed by atoms with Gasteiger partial charge in [-0.1, -0.05) is 6.07 Å². The fourth-order valence-corrected chi connectivity index (χ4v) is 2.92. The molecule has 0 radical (unpaired) electrons. The van der Waals surface area contributed by atoms with Gasteiger partial charge in [0.25, 0.3) is 0 Å². The zero-order chi connectivity index (χ0) is 14.5. The van der Waals surface area contributed by atoms with Crippen molar-refractivity contribution in [1.29, 1.82) is 0 Å². The van der Waals surface area contributed by atoms with Gasteiger partial charge < -0.3 is 10.1 Å². The Balaban J connectivity index is 1.86. The van der Waals surface area contributed by atoms with Gasteiger partial charge in [-0.15, -0.1) is 0 Å². The van der Waals surface area contributed by atoms with Crippen LogP contribution >= 0.6 is 15.9 Å². The lowest BCUT2D eigenvalue weighted by atomic mass is 10.1. The van der Waals surface area contributed by atoms with E-state index in [1.54, 1.807) is 0 Å². The lowest BCUT2D eigenvalue weighted by molar-refractivity contribution is 0.0339. The van der Waals surface area contributed by atoms with E-state index in [-0.39, 0.29) is 11.9 Å². The van der Waals surface area contributed by atoms with E-state index >= 15 is 0 Å². The summed E-state index contributed by atoms with van der Waals surface area (Å²) in [7, 11) is 0. The first-order chi connectivity index (χ1) is 9.56. The van der Waals surface area contributed by atoms with E-state index in [4.69, 9.17) is 4.74 Å². The lowest BCUT2D eigenvalue weighted by Crippen LogP contribution is -2.44. The highest BCUT2D eigenvalue weighted by molar-refractivity contribution is 9.10. The summed E-state index contributed by atoms with van der Waals surface area (Å²) in [5.41, 5.74) is 1.09. The van der Waals surface area contributed by atoms with Crippen molar-refractivity contribution in [3.05, 3.63) is 34.1 Å². The molecule has 1 N–H and O–H groups in total. The molecule has 3 nitrogen and oxygen atoms in total. The van der Waals surface area contributed by atoms with Gasteiger partial charge in [-0.05, 0) is 47.5 Å². The zero-order valence-corrected chi connectivity index (χ0v) is 13.6. The van der Waals surface area contributed by atoms with Crippen LogP contribution in [0.2, 0.25) is 0 Å². The number of hydrogen-bond donors (Lipinski definition) is 1. The maximum atomic E-state index is 13.2. The molecule has 1 aromatic rings. The van der Waals surface area contributed by atoms with E-state index in [1.165, 1.54) is 6.07 Å². The van der Waals surface area contributed by atoms with Crippen LogP contribution in [0.25, 0.3) is 0 Å². The predicted molar refractivity (Wildman–Crippen MR) is 82.4 cm³/mol. The van der Waals surface area contributed by atoms with Gasteiger partial charge in [-0.25, -0.2) is 4.39 Å². The van der Waals surface area contributed by atoms with Crippen LogP contribution < -0.4 is 5.32 Å². The Morgan fingerprint density at radius 1 is 1.35 bits per heavy atom. The third kappa shape index (κ3) is 4.52. The molecule has 112 valence electrons. The van der Waals surface area contributed by atoms with Gasteiger partial charge >= 0.3 is 0 Å². The maximum Gasteiger partial charge on any atom is 0.137 e. The van der Waals surface area contributed by atoms with Crippen LogP contribution in [0.1, 0.15) is 25.5 Å². The molecule has 1 aliphatic heterocycles. The zero-order valence-electron chi connectivity index (χ0n) is 12.0. The summed E-state index contributed by atoms with van der Waals surface area (Å²) in [5, 5.41) is 3.56. The first kappa shape index (κ1) is 15.9. The number of ether oxygens (including phenoxy) is 1. The number of hydrogen-bond acceptors (Lipinski definition) is 3. The molecule has 1 aliphatic rings. The van der Waals surface area contributed by atoms with Crippen LogP contribution in [-0.2, 0) is 4.74 Å². The van der Waals surface area contributed by atoms with E-state index in [1.807, 2.05) is 12.1 Å². The van der Waals surface area contributed by atoms with Crippen molar-refractivity contribution in [2.45, 2.75) is 25.9 Å². The van der Waals surface area contributed by atoms with Crippen molar-refractivity contribution >= 4 is 15.9 Å². The standard InChI is InChI=1S/C15H22BrFN2O/c1-11(10-19-5-7-20-8-6-19)18-12(2)13-3-4-15(17)14(16)9-13/h3-4,9,11-12,18H,5-8,10H2,1-2H3. The van der Waals surface area contributed by atoms with Crippen LogP contribution in [0.3, 0.4) is 0 Å². The Morgan fingerprint density at radius 2 is 2.05 bits per heavy atom. The van der Waals surface area contributed by atoms with Gasteiger partial charge in [-0.3, -0.25) is 4.90 Å². The van der Waals surface area contributed by atoms with Crippen molar-refractivity contribution in [1.82, 2.24) is 10.2 Å². The molecule has 20 heavy (non-hydrogen) atoms. The number of benzene rings is 1. The van der Waals surface area contributed by atoms with Crippen molar-refractivity contribution in [2.75, 3.05) is 32.8 Å². The Labute approximate surface area is 128 Å². The molecular formula is C15H22BrFN2O. The summed E-state index contributed by atoms with van der Waals surface area (Å²) in [6.07, 6.45) is 0. The molecule has 0 saturated carbocycles. The SMILES string of the molecule is CC(CN1CCOCC1)NC(C)c1ccc(F)c(Br)c1. The summed E-state index contributed by atoms with van der Waals surface area (Å²) in [4.78, 5) is 2.41. The number of morpholine rings is 1. The molecule has 0 aromatic heterocycles. The second kappa shape index (κ2) is 7.50. The Morgan fingerprint density at radius 3 is 2.70 bits per heavy atom. The highest BCUT2D eigenvalue weighted by atomic mass is 79.9. The minimum atomic E-state index is -0.220. The fraction of sp³-hybridized carbons (Fsp3) is 0.600. The van der Waals surface area contributed by atoms with Gasteiger partial charge in [0.1, 0.15) is 5.82 Å². The first-order valence-electron chi connectivity index (χ1n) is 7.07. The fourth-order valence-electron chi connectivity index (χ4n) is 2.53. The van der Waals surface area contributed by atoms with Crippen LogP contribution in [0.5, 0.6) is 0 Å². The molecule has 1 saturated heterocycles. The lowest BCUT2D eigenvalue weighted by Gasteiger charge is -2.30. The van der Waals surface area contributed by atoms with Gasteiger partial charge in [0, 0.05) is 31.7 Å². The van der Waals surface area contributed by atoms with Crippen molar-refractivity contribution < 1.29 is 9.13 Å². The molecule has 1 heterocycles. The third-order valence-electron chi connectivity index (χ3n) is 3.61. The molecule has 0 aliphatic carbocycles. The molecule has 2 unspecified atom stereocenters. The third-order valence-corrected chi connectivity index (χ3v) is 4.22. The van der Waals surface area contributed by atoms with Gasteiger partial charge in [0.2, 0.25) is 0 Å². The largest absolute Gasteiger partial charge is 0.379 e. The molecular weight excluding hydrogens is 323 g/mol. The van der Waals surface area contributed by atoms with E-state index in [2.05, 4.69) is 40.0 Å². The van der Waals surface area contributed by atoms with Crippen LogP contribution in [-0.4, -0.2) is 43.8 Å². The van der Waals surface area contributed by atoms with E-state index in [0.29, 0.717) is 10.5 Å². The maximum absolute atomic E-state index is 13.2. The summed E-state index contributed by atoms with van der Waals surface area (Å²) in [6, 6.07) is 5.76. The minimum Gasteiger partial charge on any atom is -0.379 e. The smallest absolute Gasteiger partial charge is 0.137 e. The topological polar surface area (TPSA) is 24.5 Å². The van der Waals surface area contributed by atoms with Crippen LogP contribution in [0.15, 0.2) is 22.7 Å². The average Bonchev–Trinajstić information content (AvgIpc) is 2.42. The quantitative estimate of drug-likeness (QED) is 0.888. The monoisotopic (exact) mass is 344 g/mol. The van der Waals surface area contributed by atoms with Gasteiger partial charge in [-0.2, -0.15) is 0 Å². The average molecular weight is 345 g/mol. The molecule has 0 spiro atoms. The minimum absolute atomic E-state index is 0.197. The Bertz CT molecular complexity index is 438. The molecule has 0 bridgehead atoms.